The Morgan fingerprint density at radius 2 is 1.86 bits per heavy atom. The van der Waals surface area contributed by atoms with Gasteiger partial charge < -0.3 is 15.0 Å². The Kier molecular flexibility index (Phi) is 4.49. The van der Waals surface area contributed by atoms with Gasteiger partial charge in [-0.05, 0) is 42.8 Å². The maximum Gasteiger partial charge on any atom is 0.254 e. The highest BCUT2D eigenvalue weighted by Crippen LogP contribution is 2.40. The standard InChI is InChI=1S/C22H24N4O3/c1-14-2-5-16(6-3-14)26-22(28)18-13-23-19-7-4-15(12-17(19)20(18)24-26)21(27)25-8-10-29-11-9-25/h2-7,12,18,20,23-24H,8-11,13H2,1H3. The lowest BCUT2D eigenvalue weighted by molar-refractivity contribution is -0.120. The van der Waals surface area contributed by atoms with Crippen LogP contribution < -0.4 is 15.8 Å². The smallest absolute Gasteiger partial charge is 0.254 e. The van der Waals surface area contributed by atoms with E-state index in [1.165, 1.54) is 0 Å². The van der Waals surface area contributed by atoms with Crippen LogP contribution in [0.5, 0.6) is 0 Å². The molecule has 7 nitrogen and oxygen atoms in total. The maximum absolute atomic E-state index is 13.0. The van der Waals surface area contributed by atoms with Gasteiger partial charge in [-0.1, -0.05) is 17.7 Å². The van der Waals surface area contributed by atoms with Crippen molar-refractivity contribution in [3.05, 3.63) is 59.2 Å². The predicted molar refractivity (Wildman–Crippen MR) is 110 cm³/mol. The maximum atomic E-state index is 13.0. The Morgan fingerprint density at radius 1 is 1.10 bits per heavy atom. The third-order valence-corrected chi connectivity index (χ3v) is 5.94. The first-order valence-electron chi connectivity index (χ1n) is 10.0. The van der Waals surface area contributed by atoms with Gasteiger partial charge >= 0.3 is 0 Å². The normalized spacial score (nSPS) is 23.4. The Bertz CT molecular complexity index is 953. The minimum atomic E-state index is -0.211. The second-order valence-corrected chi connectivity index (χ2v) is 7.81. The summed E-state index contributed by atoms with van der Waals surface area (Å²) in [5.74, 6) is -0.155. The number of hydrogen-bond donors (Lipinski definition) is 2. The fourth-order valence-corrected chi connectivity index (χ4v) is 4.27. The number of amides is 2. The molecule has 2 N–H and O–H groups in total. The fourth-order valence-electron chi connectivity index (χ4n) is 4.27. The molecule has 2 unspecified atom stereocenters. The second-order valence-electron chi connectivity index (χ2n) is 7.81. The van der Waals surface area contributed by atoms with Crippen LogP contribution in [-0.4, -0.2) is 49.6 Å². The Balaban J connectivity index is 1.44. The van der Waals surface area contributed by atoms with Crippen LogP contribution in [0.2, 0.25) is 0 Å². The SMILES string of the molecule is Cc1ccc(N2NC3c4cc(C(=O)N5CCOCC5)ccc4NCC3C2=O)cc1. The molecule has 0 aliphatic carbocycles. The number of anilines is 2. The van der Waals surface area contributed by atoms with Crippen molar-refractivity contribution in [2.75, 3.05) is 43.2 Å². The Hall–Kier alpha value is -2.90. The summed E-state index contributed by atoms with van der Waals surface area (Å²) in [5.41, 5.74) is 7.94. The van der Waals surface area contributed by atoms with Crippen LogP contribution in [0.25, 0.3) is 0 Å². The highest BCUT2D eigenvalue weighted by atomic mass is 16.5. The van der Waals surface area contributed by atoms with E-state index in [2.05, 4.69) is 10.7 Å². The van der Waals surface area contributed by atoms with Gasteiger partial charge in [-0.25, -0.2) is 10.4 Å². The molecule has 3 heterocycles. The highest BCUT2D eigenvalue weighted by molar-refractivity contribution is 5.99. The number of carbonyl (C=O) groups is 2. The molecular weight excluding hydrogens is 368 g/mol. The first-order valence-corrected chi connectivity index (χ1v) is 10.0. The van der Waals surface area contributed by atoms with Crippen molar-refractivity contribution in [1.82, 2.24) is 10.3 Å². The van der Waals surface area contributed by atoms with Crippen molar-refractivity contribution in [3.63, 3.8) is 0 Å². The summed E-state index contributed by atoms with van der Waals surface area (Å²) in [6.45, 7) is 4.96. The molecule has 29 heavy (non-hydrogen) atoms. The molecule has 2 aromatic carbocycles. The molecule has 2 atom stereocenters. The number of rotatable bonds is 2. The monoisotopic (exact) mass is 392 g/mol. The van der Waals surface area contributed by atoms with Crippen LogP contribution in [0.3, 0.4) is 0 Å². The molecular formula is C22H24N4O3. The molecule has 2 fully saturated rings. The van der Waals surface area contributed by atoms with Gasteiger partial charge in [-0.3, -0.25) is 9.59 Å². The van der Waals surface area contributed by atoms with Crippen molar-refractivity contribution >= 4 is 23.2 Å². The van der Waals surface area contributed by atoms with Gasteiger partial charge in [0.25, 0.3) is 5.91 Å². The van der Waals surface area contributed by atoms with E-state index in [4.69, 9.17) is 4.74 Å². The van der Waals surface area contributed by atoms with Crippen molar-refractivity contribution in [1.29, 1.82) is 0 Å². The molecule has 0 spiro atoms. The zero-order valence-electron chi connectivity index (χ0n) is 16.4. The molecule has 0 saturated carbocycles. The number of ether oxygens (including phenoxy) is 1. The van der Waals surface area contributed by atoms with E-state index in [9.17, 15) is 9.59 Å². The summed E-state index contributed by atoms with van der Waals surface area (Å²) < 4.78 is 5.35. The molecule has 0 aromatic heterocycles. The molecule has 2 aromatic rings. The minimum Gasteiger partial charge on any atom is -0.384 e. The number of benzene rings is 2. The van der Waals surface area contributed by atoms with Crippen LogP contribution in [0.15, 0.2) is 42.5 Å². The largest absolute Gasteiger partial charge is 0.384 e. The third kappa shape index (κ3) is 3.16. The quantitative estimate of drug-likeness (QED) is 0.819. The topological polar surface area (TPSA) is 73.9 Å². The number of hydrogen-bond acceptors (Lipinski definition) is 5. The van der Waals surface area contributed by atoms with E-state index in [0.29, 0.717) is 38.4 Å². The third-order valence-electron chi connectivity index (χ3n) is 5.94. The summed E-state index contributed by atoms with van der Waals surface area (Å²) in [6.07, 6.45) is 0. The van der Waals surface area contributed by atoms with Crippen LogP contribution in [0.4, 0.5) is 11.4 Å². The van der Waals surface area contributed by atoms with E-state index in [1.54, 1.807) is 5.01 Å². The molecule has 2 amide bonds. The summed E-state index contributed by atoms with van der Waals surface area (Å²) in [7, 11) is 0. The molecule has 3 aliphatic rings. The summed E-state index contributed by atoms with van der Waals surface area (Å²) in [5, 5.41) is 5.00. The summed E-state index contributed by atoms with van der Waals surface area (Å²) in [4.78, 5) is 27.8. The van der Waals surface area contributed by atoms with E-state index >= 15 is 0 Å². The lowest BCUT2D eigenvalue weighted by Gasteiger charge is -2.29. The number of morpholine rings is 1. The molecule has 150 valence electrons. The highest BCUT2D eigenvalue weighted by Gasteiger charge is 2.44. The summed E-state index contributed by atoms with van der Waals surface area (Å²) in [6, 6.07) is 13.5. The van der Waals surface area contributed by atoms with Crippen LogP contribution in [0.1, 0.15) is 27.5 Å². The zero-order valence-corrected chi connectivity index (χ0v) is 16.4. The van der Waals surface area contributed by atoms with Crippen molar-refractivity contribution < 1.29 is 14.3 Å². The number of carbonyl (C=O) groups excluding carboxylic acids is 2. The van der Waals surface area contributed by atoms with Crippen LogP contribution in [0, 0.1) is 12.8 Å². The lowest BCUT2D eigenvalue weighted by atomic mass is 9.88. The fraction of sp³-hybridized carbons (Fsp3) is 0.364. The zero-order chi connectivity index (χ0) is 20.0. The lowest BCUT2D eigenvalue weighted by Crippen LogP contribution is -2.41. The van der Waals surface area contributed by atoms with E-state index < -0.39 is 0 Å². The van der Waals surface area contributed by atoms with Gasteiger partial charge in [0.05, 0.1) is 30.9 Å². The van der Waals surface area contributed by atoms with Crippen molar-refractivity contribution in [2.24, 2.45) is 5.92 Å². The number of fused-ring (bicyclic) bond motifs is 3. The van der Waals surface area contributed by atoms with Gasteiger partial charge in [0, 0.05) is 30.9 Å². The molecule has 2 saturated heterocycles. The van der Waals surface area contributed by atoms with Gasteiger partial charge in [0.15, 0.2) is 0 Å². The molecule has 0 radical (unpaired) electrons. The first kappa shape index (κ1) is 18.1. The van der Waals surface area contributed by atoms with Crippen LogP contribution >= 0.6 is 0 Å². The van der Waals surface area contributed by atoms with Gasteiger partial charge in [0.2, 0.25) is 5.91 Å². The van der Waals surface area contributed by atoms with Crippen LogP contribution in [-0.2, 0) is 9.53 Å². The number of nitrogens with zero attached hydrogens (tertiary/aromatic N) is 2. The minimum absolute atomic E-state index is 0.0120. The number of nitrogens with one attached hydrogen (secondary N) is 2. The number of hydrazine groups is 1. The van der Waals surface area contributed by atoms with Gasteiger partial charge in [-0.2, -0.15) is 0 Å². The van der Waals surface area contributed by atoms with Gasteiger partial charge in [-0.15, -0.1) is 0 Å². The Morgan fingerprint density at radius 3 is 2.62 bits per heavy atom. The average Bonchev–Trinajstić information content (AvgIpc) is 3.11. The molecule has 3 aliphatic heterocycles. The van der Waals surface area contributed by atoms with E-state index in [-0.39, 0.29) is 23.8 Å². The molecule has 5 rings (SSSR count). The predicted octanol–water partition coefficient (Wildman–Crippen LogP) is 2.10. The van der Waals surface area contributed by atoms with E-state index in [0.717, 1.165) is 22.5 Å². The average molecular weight is 392 g/mol. The first-order chi connectivity index (χ1) is 14.1. The molecule has 0 bridgehead atoms. The Labute approximate surface area is 169 Å². The van der Waals surface area contributed by atoms with Crippen molar-refractivity contribution in [3.8, 4) is 0 Å². The second kappa shape index (κ2) is 7.17. The number of aryl methyl sites for hydroxylation is 1. The summed E-state index contributed by atoms with van der Waals surface area (Å²) >= 11 is 0. The van der Waals surface area contributed by atoms with Gasteiger partial charge in [0.1, 0.15) is 0 Å². The van der Waals surface area contributed by atoms with E-state index in [1.807, 2.05) is 54.3 Å². The van der Waals surface area contributed by atoms with Crippen molar-refractivity contribution in [2.45, 2.75) is 13.0 Å². The molecule has 7 heteroatoms.